The van der Waals surface area contributed by atoms with Crippen molar-refractivity contribution in [2.24, 2.45) is 5.92 Å². The highest BCUT2D eigenvalue weighted by Crippen LogP contribution is 2.27. The number of alkyl halides is 1. The summed E-state index contributed by atoms with van der Waals surface area (Å²) in [5, 5.41) is 1.31. The van der Waals surface area contributed by atoms with E-state index in [-0.39, 0.29) is 0 Å². The van der Waals surface area contributed by atoms with Gasteiger partial charge in [-0.1, -0.05) is 48.0 Å². The Labute approximate surface area is 103 Å². The lowest BCUT2D eigenvalue weighted by atomic mass is 10.1. The van der Waals surface area contributed by atoms with E-state index in [4.69, 9.17) is 0 Å². The van der Waals surface area contributed by atoms with Crippen molar-refractivity contribution in [1.29, 1.82) is 0 Å². The van der Waals surface area contributed by atoms with E-state index >= 15 is 0 Å². The van der Waals surface area contributed by atoms with Crippen molar-refractivity contribution < 1.29 is 0 Å². The minimum absolute atomic E-state index is 0.543. The van der Waals surface area contributed by atoms with Gasteiger partial charge in [-0.25, -0.2) is 0 Å². The highest BCUT2D eigenvalue weighted by atomic mass is 79.9. The van der Waals surface area contributed by atoms with E-state index in [0.717, 1.165) is 11.9 Å². The lowest BCUT2D eigenvalue weighted by molar-refractivity contribution is 0.617. The van der Waals surface area contributed by atoms with Gasteiger partial charge in [-0.15, -0.1) is 0 Å². The van der Waals surface area contributed by atoms with Crippen LogP contribution in [0.1, 0.15) is 18.7 Å². The molecule has 0 spiro atoms. The van der Waals surface area contributed by atoms with Crippen molar-refractivity contribution in [1.82, 2.24) is 4.37 Å². The van der Waals surface area contributed by atoms with Crippen LogP contribution in [0.5, 0.6) is 0 Å². The SMILES string of the molecule is CC(C)C(Br)Cc1snc2ccccc12. The molecule has 0 N–H and O–H groups in total. The molecule has 0 aliphatic carbocycles. The molecule has 0 bridgehead atoms. The minimum atomic E-state index is 0.543. The van der Waals surface area contributed by atoms with Gasteiger partial charge in [0.2, 0.25) is 0 Å². The van der Waals surface area contributed by atoms with Gasteiger partial charge in [0.05, 0.1) is 5.52 Å². The van der Waals surface area contributed by atoms with Crippen LogP contribution >= 0.6 is 27.5 Å². The topological polar surface area (TPSA) is 12.9 Å². The molecule has 0 amide bonds. The van der Waals surface area contributed by atoms with E-state index in [1.807, 2.05) is 6.07 Å². The van der Waals surface area contributed by atoms with Crippen molar-refractivity contribution in [3.05, 3.63) is 29.1 Å². The first-order valence-corrected chi connectivity index (χ1v) is 6.84. The monoisotopic (exact) mass is 283 g/mol. The summed E-state index contributed by atoms with van der Waals surface area (Å²) in [6.45, 7) is 4.48. The van der Waals surface area contributed by atoms with Gasteiger partial charge in [0, 0.05) is 15.1 Å². The fraction of sp³-hybridized carbons (Fsp3) is 0.417. The maximum absolute atomic E-state index is 4.45. The van der Waals surface area contributed by atoms with Crippen molar-refractivity contribution in [3.8, 4) is 0 Å². The first-order valence-electron chi connectivity index (χ1n) is 5.16. The van der Waals surface area contributed by atoms with Crippen LogP contribution in [0.2, 0.25) is 0 Å². The summed E-state index contributed by atoms with van der Waals surface area (Å²) in [4.78, 5) is 1.93. The second-order valence-electron chi connectivity index (χ2n) is 4.09. The molecule has 2 aromatic rings. The van der Waals surface area contributed by atoms with Gasteiger partial charge in [-0.2, -0.15) is 4.37 Å². The van der Waals surface area contributed by atoms with Gasteiger partial charge >= 0.3 is 0 Å². The van der Waals surface area contributed by atoms with E-state index in [1.54, 1.807) is 11.5 Å². The molecule has 15 heavy (non-hydrogen) atoms. The average Bonchev–Trinajstić information content (AvgIpc) is 2.62. The third kappa shape index (κ3) is 2.40. The number of hydrogen-bond acceptors (Lipinski definition) is 2. The molecule has 0 fully saturated rings. The molecule has 1 nitrogen and oxygen atoms in total. The Kier molecular flexibility index (Phi) is 3.42. The highest BCUT2D eigenvalue weighted by Gasteiger charge is 2.13. The summed E-state index contributed by atoms with van der Waals surface area (Å²) in [6, 6.07) is 8.36. The maximum atomic E-state index is 4.45. The zero-order chi connectivity index (χ0) is 10.8. The second-order valence-corrected chi connectivity index (χ2v) is 6.12. The van der Waals surface area contributed by atoms with Crippen molar-refractivity contribution in [3.63, 3.8) is 0 Å². The van der Waals surface area contributed by atoms with E-state index < -0.39 is 0 Å². The van der Waals surface area contributed by atoms with Crippen LogP contribution in [0.25, 0.3) is 10.9 Å². The molecule has 0 saturated carbocycles. The van der Waals surface area contributed by atoms with Crippen LogP contribution in [0.3, 0.4) is 0 Å². The number of benzene rings is 1. The Hall–Kier alpha value is -0.410. The van der Waals surface area contributed by atoms with Gasteiger partial charge in [0.15, 0.2) is 0 Å². The van der Waals surface area contributed by atoms with Gasteiger partial charge in [0.25, 0.3) is 0 Å². The average molecular weight is 284 g/mol. The Morgan fingerprint density at radius 2 is 2.07 bits per heavy atom. The number of fused-ring (bicyclic) bond motifs is 1. The smallest absolute Gasteiger partial charge is 0.0843 e. The molecule has 0 radical (unpaired) electrons. The van der Waals surface area contributed by atoms with E-state index in [1.165, 1.54) is 10.3 Å². The predicted octanol–water partition coefficient (Wildman–Crippen LogP) is 4.26. The van der Waals surface area contributed by atoms with Crippen LogP contribution in [-0.4, -0.2) is 9.20 Å². The zero-order valence-corrected chi connectivity index (χ0v) is 11.3. The quantitative estimate of drug-likeness (QED) is 0.767. The van der Waals surface area contributed by atoms with Crippen LogP contribution in [0.4, 0.5) is 0 Å². The zero-order valence-electron chi connectivity index (χ0n) is 8.90. The fourth-order valence-corrected chi connectivity index (χ4v) is 2.93. The fourth-order valence-electron chi connectivity index (χ4n) is 1.50. The Bertz CT molecular complexity index is 450. The summed E-state index contributed by atoms with van der Waals surface area (Å²) in [6.07, 6.45) is 1.07. The normalized spacial score (nSPS) is 13.6. The van der Waals surface area contributed by atoms with Crippen LogP contribution in [0.15, 0.2) is 24.3 Å². The summed E-state index contributed by atoms with van der Waals surface area (Å²) >= 11 is 5.36. The first-order chi connectivity index (χ1) is 7.18. The summed E-state index contributed by atoms with van der Waals surface area (Å²) in [5.74, 6) is 0.658. The third-order valence-corrected chi connectivity index (χ3v) is 4.84. The number of nitrogens with zero attached hydrogens (tertiary/aromatic N) is 1. The van der Waals surface area contributed by atoms with E-state index in [9.17, 15) is 0 Å². The number of aromatic nitrogens is 1. The largest absolute Gasteiger partial charge is 0.192 e. The van der Waals surface area contributed by atoms with Crippen molar-refractivity contribution in [2.45, 2.75) is 25.1 Å². The highest BCUT2D eigenvalue weighted by molar-refractivity contribution is 9.09. The molecule has 3 heteroatoms. The van der Waals surface area contributed by atoms with Crippen molar-refractivity contribution in [2.75, 3.05) is 0 Å². The van der Waals surface area contributed by atoms with Gasteiger partial charge in [-0.3, -0.25) is 0 Å². The molecule has 0 aliphatic heterocycles. The molecule has 80 valence electrons. The van der Waals surface area contributed by atoms with Gasteiger partial charge < -0.3 is 0 Å². The second kappa shape index (κ2) is 4.62. The summed E-state index contributed by atoms with van der Waals surface area (Å²) < 4.78 is 4.45. The standard InChI is InChI=1S/C12H14BrNS/c1-8(2)10(13)7-12-9-5-3-4-6-11(9)14-15-12/h3-6,8,10H,7H2,1-2H3. The minimum Gasteiger partial charge on any atom is -0.192 e. The van der Waals surface area contributed by atoms with E-state index in [2.05, 4.69) is 52.4 Å². The predicted molar refractivity (Wildman–Crippen MR) is 70.9 cm³/mol. The lowest BCUT2D eigenvalue weighted by Gasteiger charge is -2.11. The van der Waals surface area contributed by atoms with Gasteiger partial charge in [-0.05, 0) is 29.9 Å². The molecule has 1 aromatic heterocycles. The maximum Gasteiger partial charge on any atom is 0.0843 e. The summed E-state index contributed by atoms with van der Waals surface area (Å²) in [5.41, 5.74) is 1.13. The Morgan fingerprint density at radius 3 is 2.80 bits per heavy atom. The van der Waals surface area contributed by atoms with E-state index in [0.29, 0.717) is 10.7 Å². The first kappa shape index (κ1) is 11.1. The Balaban J connectivity index is 2.29. The molecule has 1 aromatic carbocycles. The van der Waals surface area contributed by atoms with Crippen molar-refractivity contribution >= 4 is 38.4 Å². The summed E-state index contributed by atoms with van der Waals surface area (Å²) in [7, 11) is 0. The molecular formula is C12H14BrNS. The molecule has 0 saturated heterocycles. The molecule has 1 atom stereocenters. The Morgan fingerprint density at radius 1 is 1.33 bits per heavy atom. The molecule has 1 heterocycles. The van der Waals surface area contributed by atoms with Crippen LogP contribution < -0.4 is 0 Å². The molecule has 1 unspecified atom stereocenters. The number of hydrogen-bond donors (Lipinski definition) is 0. The molecule has 2 rings (SSSR count). The lowest BCUT2D eigenvalue weighted by Crippen LogP contribution is -2.09. The van der Waals surface area contributed by atoms with Crippen LogP contribution in [0, 0.1) is 5.92 Å². The molecular weight excluding hydrogens is 270 g/mol. The number of halogens is 1. The van der Waals surface area contributed by atoms with Crippen LogP contribution in [-0.2, 0) is 6.42 Å². The third-order valence-electron chi connectivity index (χ3n) is 2.56. The molecule has 0 aliphatic rings. The van der Waals surface area contributed by atoms with Gasteiger partial charge in [0.1, 0.15) is 0 Å². The number of rotatable bonds is 3.